The number of thioether (sulfide) groups is 1. The third-order valence-corrected chi connectivity index (χ3v) is 5.18. The molecule has 2 heterocycles. The summed E-state index contributed by atoms with van der Waals surface area (Å²) in [5.41, 5.74) is 0.668. The molecule has 2 aliphatic rings. The number of carbonyl (C=O) groups excluding carboxylic acids is 3. The van der Waals surface area contributed by atoms with Crippen molar-refractivity contribution in [1.29, 1.82) is 0 Å². The minimum absolute atomic E-state index is 0.0197. The summed E-state index contributed by atoms with van der Waals surface area (Å²) >= 11 is 1.56. The molecule has 7 heteroatoms. The maximum Gasteiger partial charge on any atom is 0.250 e. The van der Waals surface area contributed by atoms with Crippen molar-refractivity contribution < 1.29 is 14.4 Å². The Labute approximate surface area is 141 Å². The number of hydrogen-bond donors (Lipinski definition) is 1. The smallest absolute Gasteiger partial charge is 0.250 e. The maximum absolute atomic E-state index is 12.4. The average molecular weight is 339 g/mol. The largest absolute Gasteiger partial charge is 0.345 e. The van der Waals surface area contributed by atoms with Crippen LogP contribution in [-0.2, 0) is 14.4 Å². The summed E-state index contributed by atoms with van der Waals surface area (Å²) in [6.45, 7) is 5.33. The van der Waals surface area contributed by atoms with Crippen molar-refractivity contribution in [2.45, 2.75) is 39.2 Å². The first-order valence-corrected chi connectivity index (χ1v) is 9.31. The number of carbonyl (C=O) groups is 3. The number of allylic oxidation sites excluding steroid dienone is 1. The lowest BCUT2D eigenvalue weighted by Gasteiger charge is -2.24. The lowest BCUT2D eigenvalue weighted by molar-refractivity contribution is -0.137. The SMILES string of the molecule is CC/C=C(\C)C(=O)N1CSCC1C(=O)NCC(=O)N1CCCC1. The van der Waals surface area contributed by atoms with Gasteiger partial charge in [0.2, 0.25) is 11.8 Å². The highest BCUT2D eigenvalue weighted by Crippen LogP contribution is 2.23. The van der Waals surface area contributed by atoms with Crippen molar-refractivity contribution in [3.05, 3.63) is 11.6 Å². The summed E-state index contributed by atoms with van der Waals surface area (Å²) in [5.74, 6) is 0.727. The van der Waals surface area contributed by atoms with Gasteiger partial charge in [-0.1, -0.05) is 13.0 Å². The number of rotatable bonds is 5. The lowest BCUT2D eigenvalue weighted by atomic mass is 10.2. The van der Waals surface area contributed by atoms with E-state index in [1.807, 2.05) is 13.0 Å². The molecule has 0 aliphatic carbocycles. The van der Waals surface area contributed by atoms with Crippen molar-refractivity contribution in [3.8, 4) is 0 Å². The summed E-state index contributed by atoms with van der Waals surface area (Å²) < 4.78 is 0. The molecule has 128 valence electrons. The third-order valence-electron chi connectivity index (χ3n) is 4.17. The third kappa shape index (κ3) is 4.50. The molecule has 2 fully saturated rings. The van der Waals surface area contributed by atoms with E-state index in [4.69, 9.17) is 0 Å². The minimum Gasteiger partial charge on any atom is -0.345 e. The number of nitrogens with zero attached hydrogens (tertiary/aromatic N) is 2. The van der Waals surface area contributed by atoms with E-state index in [2.05, 4.69) is 5.32 Å². The predicted octanol–water partition coefficient (Wildman–Crippen LogP) is 0.983. The lowest BCUT2D eigenvalue weighted by Crippen LogP contribution is -2.49. The first-order chi connectivity index (χ1) is 11.0. The Morgan fingerprint density at radius 1 is 1.26 bits per heavy atom. The Balaban J connectivity index is 1.88. The van der Waals surface area contributed by atoms with Crippen molar-refractivity contribution in [2.75, 3.05) is 31.3 Å². The van der Waals surface area contributed by atoms with Crippen LogP contribution < -0.4 is 5.32 Å². The van der Waals surface area contributed by atoms with E-state index in [9.17, 15) is 14.4 Å². The van der Waals surface area contributed by atoms with Gasteiger partial charge in [-0.15, -0.1) is 11.8 Å². The molecule has 3 amide bonds. The molecule has 2 rings (SSSR count). The molecule has 0 spiro atoms. The van der Waals surface area contributed by atoms with Gasteiger partial charge in [0.25, 0.3) is 5.91 Å². The van der Waals surface area contributed by atoms with Gasteiger partial charge in [0.1, 0.15) is 6.04 Å². The van der Waals surface area contributed by atoms with Gasteiger partial charge in [-0.25, -0.2) is 0 Å². The van der Waals surface area contributed by atoms with Crippen LogP contribution in [0.1, 0.15) is 33.1 Å². The van der Waals surface area contributed by atoms with Crippen molar-refractivity contribution in [3.63, 3.8) is 0 Å². The summed E-state index contributed by atoms with van der Waals surface area (Å²) in [6, 6.07) is -0.487. The highest BCUT2D eigenvalue weighted by atomic mass is 32.2. The quantitative estimate of drug-likeness (QED) is 0.758. The van der Waals surface area contributed by atoms with Crippen LogP contribution >= 0.6 is 11.8 Å². The van der Waals surface area contributed by atoms with Gasteiger partial charge in [-0.2, -0.15) is 0 Å². The molecule has 2 saturated heterocycles. The standard InChI is InChI=1S/C16H25N3O3S/c1-3-6-12(2)16(22)19-11-23-10-13(19)15(21)17-9-14(20)18-7-4-5-8-18/h6,13H,3-5,7-11H2,1-2H3,(H,17,21)/b12-6+. The van der Waals surface area contributed by atoms with Gasteiger partial charge in [0.15, 0.2) is 0 Å². The monoisotopic (exact) mass is 339 g/mol. The number of likely N-dealkylation sites (tertiary alicyclic amines) is 1. The summed E-state index contributed by atoms with van der Waals surface area (Å²) in [4.78, 5) is 40.1. The van der Waals surface area contributed by atoms with Gasteiger partial charge in [0, 0.05) is 24.4 Å². The number of nitrogens with one attached hydrogen (secondary N) is 1. The van der Waals surface area contributed by atoms with Crippen LogP contribution in [0.4, 0.5) is 0 Å². The average Bonchev–Trinajstić information content (AvgIpc) is 3.22. The Morgan fingerprint density at radius 3 is 2.61 bits per heavy atom. The molecule has 6 nitrogen and oxygen atoms in total. The molecule has 0 saturated carbocycles. The zero-order valence-electron chi connectivity index (χ0n) is 13.8. The van der Waals surface area contributed by atoms with Crippen molar-refractivity contribution in [1.82, 2.24) is 15.1 Å². The van der Waals surface area contributed by atoms with Crippen LogP contribution in [0.15, 0.2) is 11.6 Å². The van der Waals surface area contributed by atoms with Crippen LogP contribution in [0, 0.1) is 0 Å². The van der Waals surface area contributed by atoms with Crippen LogP contribution in [-0.4, -0.2) is 64.8 Å². The fourth-order valence-corrected chi connectivity index (χ4v) is 3.99. The number of amides is 3. The van der Waals surface area contributed by atoms with Gasteiger partial charge < -0.3 is 15.1 Å². The minimum atomic E-state index is -0.487. The highest BCUT2D eigenvalue weighted by molar-refractivity contribution is 7.99. The Bertz CT molecular complexity index is 501. The van der Waals surface area contributed by atoms with Crippen LogP contribution in [0.2, 0.25) is 0 Å². The normalized spacial score (nSPS) is 21.7. The molecule has 23 heavy (non-hydrogen) atoms. The molecular formula is C16H25N3O3S. The summed E-state index contributed by atoms with van der Waals surface area (Å²) in [7, 11) is 0. The molecule has 0 bridgehead atoms. The first-order valence-electron chi connectivity index (χ1n) is 8.15. The maximum atomic E-state index is 12.4. The number of hydrogen-bond acceptors (Lipinski definition) is 4. The topological polar surface area (TPSA) is 69.7 Å². The predicted molar refractivity (Wildman–Crippen MR) is 90.8 cm³/mol. The zero-order chi connectivity index (χ0) is 16.8. The zero-order valence-corrected chi connectivity index (χ0v) is 14.7. The molecule has 1 N–H and O–H groups in total. The molecule has 0 radical (unpaired) electrons. The van der Waals surface area contributed by atoms with Gasteiger partial charge in [-0.05, 0) is 26.2 Å². The molecule has 1 atom stereocenters. The van der Waals surface area contributed by atoms with E-state index in [1.54, 1.807) is 28.5 Å². The Morgan fingerprint density at radius 2 is 1.96 bits per heavy atom. The molecule has 0 aromatic carbocycles. The van der Waals surface area contributed by atoms with E-state index >= 15 is 0 Å². The van der Waals surface area contributed by atoms with E-state index in [1.165, 1.54) is 0 Å². The van der Waals surface area contributed by atoms with Gasteiger partial charge >= 0.3 is 0 Å². The van der Waals surface area contributed by atoms with Crippen LogP contribution in [0.5, 0.6) is 0 Å². The fourth-order valence-electron chi connectivity index (χ4n) is 2.84. The second-order valence-electron chi connectivity index (χ2n) is 5.89. The molecule has 1 unspecified atom stereocenters. The highest BCUT2D eigenvalue weighted by Gasteiger charge is 2.35. The van der Waals surface area contributed by atoms with E-state index in [0.717, 1.165) is 32.4 Å². The molecule has 2 aliphatic heterocycles. The molecule has 0 aromatic heterocycles. The van der Waals surface area contributed by atoms with E-state index in [-0.39, 0.29) is 24.3 Å². The van der Waals surface area contributed by atoms with Crippen LogP contribution in [0.25, 0.3) is 0 Å². The van der Waals surface area contributed by atoms with Crippen molar-refractivity contribution in [2.24, 2.45) is 0 Å². The van der Waals surface area contributed by atoms with E-state index in [0.29, 0.717) is 17.2 Å². The van der Waals surface area contributed by atoms with E-state index < -0.39 is 6.04 Å². The molecular weight excluding hydrogens is 314 g/mol. The summed E-state index contributed by atoms with van der Waals surface area (Å²) in [6.07, 6.45) is 4.73. The second kappa shape index (κ2) is 8.38. The Hall–Kier alpha value is -1.50. The summed E-state index contributed by atoms with van der Waals surface area (Å²) in [5, 5.41) is 2.70. The fraction of sp³-hybridized carbons (Fsp3) is 0.688. The van der Waals surface area contributed by atoms with Gasteiger partial charge in [0.05, 0.1) is 12.4 Å². The Kier molecular flexibility index (Phi) is 6.50. The molecule has 0 aromatic rings. The first kappa shape index (κ1) is 17.8. The van der Waals surface area contributed by atoms with Crippen molar-refractivity contribution >= 4 is 29.5 Å². The van der Waals surface area contributed by atoms with Gasteiger partial charge in [-0.3, -0.25) is 14.4 Å². The second-order valence-corrected chi connectivity index (χ2v) is 6.89. The van der Waals surface area contributed by atoms with Crippen LogP contribution in [0.3, 0.4) is 0 Å².